The predicted octanol–water partition coefficient (Wildman–Crippen LogP) is -0.171. The molecule has 0 aromatic carbocycles. The van der Waals surface area contributed by atoms with Gasteiger partial charge in [-0.2, -0.15) is 0 Å². The molecular weight excluding hydrogens is 218 g/mol. The number of rotatable bonds is 3. The standard InChI is InChI=1S/C12H23N3O2/c1-11(2)9-15(5-4-14(11)3)12(6-10(16)17)7-13-8-12/h13H,4-9H2,1-3H3,(H,16,17). The quantitative estimate of drug-likeness (QED) is 0.718. The molecule has 2 N–H and O–H groups in total. The molecule has 0 atom stereocenters. The molecule has 0 bridgehead atoms. The highest BCUT2D eigenvalue weighted by Crippen LogP contribution is 2.30. The lowest BCUT2D eigenvalue weighted by Gasteiger charge is -2.56. The maximum atomic E-state index is 11.0. The molecule has 0 spiro atoms. The molecule has 5 nitrogen and oxygen atoms in total. The van der Waals surface area contributed by atoms with E-state index in [0.29, 0.717) is 0 Å². The number of piperazine rings is 1. The molecule has 5 heteroatoms. The molecule has 0 saturated carbocycles. The second kappa shape index (κ2) is 4.23. The van der Waals surface area contributed by atoms with Crippen LogP contribution < -0.4 is 5.32 Å². The Bertz CT molecular complexity index is 313. The van der Waals surface area contributed by atoms with Crippen LogP contribution >= 0.6 is 0 Å². The van der Waals surface area contributed by atoms with Gasteiger partial charge in [0.1, 0.15) is 0 Å². The fraction of sp³-hybridized carbons (Fsp3) is 0.917. The Morgan fingerprint density at radius 3 is 2.41 bits per heavy atom. The summed E-state index contributed by atoms with van der Waals surface area (Å²) in [6.07, 6.45) is 0.250. The number of likely N-dealkylation sites (N-methyl/N-ethyl adjacent to an activating group) is 1. The van der Waals surface area contributed by atoms with Gasteiger partial charge in [0.25, 0.3) is 0 Å². The summed E-state index contributed by atoms with van der Waals surface area (Å²) in [7, 11) is 2.14. The van der Waals surface area contributed by atoms with Crippen LogP contribution in [0, 0.1) is 0 Å². The Morgan fingerprint density at radius 2 is 2.00 bits per heavy atom. The average Bonchev–Trinajstić information content (AvgIpc) is 2.15. The van der Waals surface area contributed by atoms with Crippen LogP contribution in [0.3, 0.4) is 0 Å². The van der Waals surface area contributed by atoms with E-state index >= 15 is 0 Å². The van der Waals surface area contributed by atoms with E-state index in [1.165, 1.54) is 0 Å². The molecule has 2 aliphatic heterocycles. The first-order chi connectivity index (χ1) is 7.86. The van der Waals surface area contributed by atoms with Crippen molar-refractivity contribution in [1.82, 2.24) is 15.1 Å². The summed E-state index contributed by atoms with van der Waals surface area (Å²) in [4.78, 5) is 15.7. The van der Waals surface area contributed by atoms with Crippen molar-refractivity contribution in [3.63, 3.8) is 0 Å². The maximum absolute atomic E-state index is 11.0. The SMILES string of the molecule is CN1CCN(C2(CC(=O)O)CNC2)CC1(C)C. The Morgan fingerprint density at radius 1 is 1.35 bits per heavy atom. The van der Waals surface area contributed by atoms with Crippen molar-refractivity contribution in [2.24, 2.45) is 0 Å². The van der Waals surface area contributed by atoms with Crippen LogP contribution in [0.2, 0.25) is 0 Å². The molecule has 0 aromatic heterocycles. The van der Waals surface area contributed by atoms with Gasteiger partial charge in [-0.05, 0) is 20.9 Å². The summed E-state index contributed by atoms with van der Waals surface area (Å²) < 4.78 is 0. The van der Waals surface area contributed by atoms with Gasteiger partial charge in [-0.3, -0.25) is 14.6 Å². The van der Waals surface area contributed by atoms with Crippen molar-refractivity contribution in [3.05, 3.63) is 0 Å². The zero-order chi connectivity index (χ0) is 12.7. The normalized spacial score (nSPS) is 28.6. The van der Waals surface area contributed by atoms with Crippen LogP contribution in [-0.4, -0.2) is 71.7 Å². The highest BCUT2D eigenvalue weighted by molar-refractivity contribution is 5.69. The number of hydrogen-bond donors (Lipinski definition) is 2. The zero-order valence-corrected chi connectivity index (χ0v) is 11.0. The minimum atomic E-state index is -0.691. The molecule has 2 heterocycles. The summed E-state index contributed by atoms with van der Waals surface area (Å²) in [5.41, 5.74) is -0.0241. The van der Waals surface area contributed by atoms with Crippen LogP contribution in [0.15, 0.2) is 0 Å². The average molecular weight is 241 g/mol. The van der Waals surface area contributed by atoms with Crippen LogP contribution in [0.25, 0.3) is 0 Å². The van der Waals surface area contributed by atoms with Gasteiger partial charge in [-0.25, -0.2) is 0 Å². The molecule has 2 aliphatic rings. The van der Waals surface area contributed by atoms with Crippen LogP contribution in [-0.2, 0) is 4.79 Å². The van der Waals surface area contributed by atoms with Crippen molar-refractivity contribution in [2.45, 2.75) is 31.3 Å². The van der Waals surface area contributed by atoms with Gasteiger partial charge in [-0.15, -0.1) is 0 Å². The van der Waals surface area contributed by atoms with Gasteiger partial charge in [-0.1, -0.05) is 0 Å². The summed E-state index contributed by atoms with van der Waals surface area (Å²) in [5, 5.41) is 12.3. The maximum Gasteiger partial charge on any atom is 0.305 e. The lowest BCUT2D eigenvalue weighted by molar-refractivity contribution is -0.143. The summed E-state index contributed by atoms with van der Waals surface area (Å²) in [5.74, 6) is -0.691. The van der Waals surface area contributed by atoms with Gasteiger partial charge in [0, 0.05) is 38.3 Å². The number of hydrogen-bond acceptors (Lipinski definition) is 4. The third-order valence-corrected chi connectivity index (χ3v) is 4.38. The van der Waals surface area contributed by atoms with Gasteiger partial charge in [0.15, 0.2) is 0 Å². The van der Waals surface area contributed by atoms with E-state index in [-0.39, 0.29) is 17.5 Å². The molecule has 0 aliphatic carbocycles. The topological polar surface area (TPSA) is 55.8 Å². The molecule has 17 heavy (non-hydrogen) atoms. The van der Waals surface area contributed by atoms with Gasteiger partial charge in [0.2, 0.25) is 0 Å². The van der Waals surface area contributed by atoms with Gasteiger partial charge < -0.3 is 10.4 Å². The second-order valence-electron chi connectivity index (χ2n) is 6.05. The van der Waals surface area contributed by atoms with E-state index in [1.807, 2.05) is 0 Å². The highest BCUT2D eigenvalue weighted by Gasteiger charge is 2.47. The van der Waals surface area contributed by atoms with E-state index < -0.39 is 5.97 Å². The van der Waals surface area contributed by atoms with Crippen molar-refractivity contribution < 1.29 is 9.90 Å². The minimum Gasteiger partial charge on any atom is -0.481 e. The van der Waals surface area contributed by atoms with Gasteiger partial charge >= 0.3 is 5.97 Å². The molecule has 98 valence electrons. The van der Waals surface area contributed by atoms with E-state index in [2.05, 4.69) is 36.0 Å². The van der Waals surface area contributed by atoms with Crippen molar-refractivity contribution >= 4 is 5.97 Å². The predicted molar refractivity (Wildman–Crippen MR) is 66.1 cm³/mol. The smallest absolute Gasteiger partial charge is 0.305 e. The fourth-order valence-corrected chi connectivity index (χ4v) is 2.80. The molecule has 0 unspecified atom stereocenters. The Labute approximate surface area is 103 Å². The molecule has 2 rings (SSSR count). The lowest BCUT2D eigenvalue weighted by atomic mass is 9.83. The first-order valence-electron chi connectivity index (χ1n) is 6.25. The first kappa shape index (κ1) is 12.8. The number of carbonyl (C=O) groups is 1. The number of carboxylic acids is 1. The van der Waals surface area contributed by atoms with Crippen LogP contribution in [0.4, 0.5) is 0 Å². The summed E-state index contributed by atoms with van der Waals surface area (Å²) in [6, 6.07) is 0. The Hall–Kier alpha value is -0.650. The molecule has 2 saturated heterocycles. The highest BCUT2D eigenvalue weighted by atomic mass is 16.4. The van der Waals surface area contributed by atoms with Gasteiger partial charge in [0.05, 0.1) is 12.0 Å². The summed E-state index contributed by atoms with van der Waals surface area (Å²) >= 11 is 0. The van der Waals surface area contributed by atoms with Crippen molar-refractivity contribution in [3.8, 4) is 0 Å². The van der Waals surface area contributed by atoms with E-state index in [0.717, 1.165) is 32.7 Å². The largest absolute Gasteiger partial charge is 0.481 e. The zero-order valence-electron chi connectivity index (χ0n) is 11.0. The number of aliphatic carboxylic acids is 1. The van der Waals surface area contributed by atoms with Crippen LogP contribution in [0.5, 0.6) is 0 Å². The Kier molecular flexibility index (Phi) is 3.18. The molecule has 0 aromatic rings. The Balaban J connectivity index is 2.08. The monoisotopic (exact) mass is 241 g/mol. The van der Waals surface area contributed by atoms with E-state index in [9.17, 15) is 4.79 Å². The summed E-state index contributed by atoms with van der Waals surface area (Å²) in [6.45, 7) is 8.97. The molecule has 0 amide bonds. The number of nitrogens with zero attached hydrogens (tertiary/aromatic N) is 2. The third kappa shape index (κ3) is 2.32. The first-order valence-corrected chi connectivity index (χ1v) is 6.25. The third-order valence-electron chi connectivity index (χ3n) is 4.38. The van der Waals surface area contributed by atoms with Crippen molar-refractivity contribution in [1.29, 1.82) is 0 Å². The van der Waals surface area contributed by atoms with E-state index in [4.69, 9.17) is 5.11 Å². The molecular formula is C12H23N3O2. The fourth-order valence-electron chi connectivity index (χ4n) is 2.80. The van der Waals surface area contributed by atoms with Crippen LogP contribution in [0.1, 0.15) is 20.3 Å². The van der Waals surface area contributed by atoms with E-state index in [1.54, 1.807) is 0 Å². The number of carboxylic acid groups (broad SMARTS) is 1. The number of nitrogens with one attached hydrogen (secondary N) is 1. The lowest BCUT2D eigenvalue weighted by Crippen LogP contribution is -2.74. The van der Waals surface area contributed by atoms with Crippen molar-refractivity contribution in [2.75, 3.05) is 39.8 Å². The minimum absolute atomic E-state index is 0.124. The second-order valence-corrected chi connectivity index (χ2v) is 6.05. The molecule has 0 radical (unpaired) electrons. The molecule has 2 fully saturated rings.